The molecule has 2 aliphatic carbocycles. The Morgan fingerprint density at radius 3 is 2.62 bits per heavy atom. The molecule has 0 aromatic heterocycles. The van der Waals surface area contributed by atoms with Crippen LogP contribution in [0.3, 0.4) is 0 Å². The van der Waals surface area contributed by atoms with E-state index in [1.807, 2.05) is 0 Å². The quantitative estimate of drug-likeness (QED) is 0.782. The van der Waals surface area contributed by atoms with E-state index in [1.54, 1.807) is 0 Å². The van der Waals surface area contributed by atoms with Gasteiger partial charge in [0.2, 0.25) is 0 Å². The topological polar surface area (TPSA) is 37.3 Å². The summed E-state index contributed by atoms with van der Waals surface area (Å²) in [6.45, 7) is 2.25. The Kier molecular flexibility index (Phi) is 3.68. The van der Waals surface area contributed by atoms with E-state index in [0.29, 0.717) is 37.4 Å². The van der Waals surface area contributed by atoms with Crippen molar-refractivity contribution in [1.29, 1.82) is 0 Å². The summed E-state index contributed by atoms with van der Waals surface area (Å²) in [6, 6.07) is 0. The lowest BCUT2D eigenvalue weighted by Gasteiger charge is -2.42. The van der Waals surface area contributed by atoms with Crippen molar-refractivity contribution in [2.24, 2.45) is 11.8 Å². The molecule has 2 heteroatoms. The number of aliphatic hydroxyl groups is 1. The number of hydrogen-bond donors (Lipinski definition) is 1. The molecule has 2 rings (SSSR count). The van der Waals surface area contributed by atoms with E-state index < -0.39 is 5.60 Å². The highest BCUT2D eigenvalue weighted by molar-refractivity contribution is 5.79. The normalized spacial score (nSPS) is 35.0. The molecule has 0 heterocycles. The van der Waals surface area contributed by atoms with Gasteiger partial charge in [-0.1, -0.05) is 26.2 Å². The van der Waals surface area contributed by atoms with Crippen LogP contribution in [0.2, 0.25) is 0 Å². The molecule has 0 bridgehead atoms. The second kappa shape index (κ2) is 4.87. The Labute approximate surface area is 98.4 Å². The van der Waals surface area contributed by atoms with Gasteiger partial charge < -0.3 is 5.11 Å². The molecular weight excluding hydrogens is 200 g/mol. The molecule has 2 aliphatic rings. The standard InChI is InChI=1S/C14H24O2/c1-2-11-4-3-5-12(10-11)14(16)8-6-13(15)7-9-14/h11-12,16H,2-10H2,1H3. The number of carbonyl (C=O) groups is 1. The van der Waals surface area contributed by atoms with Crippen molar-refractivity contribution < 1.29 is 9.90 Å². The maximum Gasteiger partial charge on any atom is 0.133 e. The Morgan fingerprint density at radius 2 is 2.00 bits per heavy atom. The van der Waals surface area contributed by atoms with E-state index in [9.17, 15) is 9.90 Å². The van der Waals surface area contributed by atoms with Crippen LogP contribution in [0.5, 0.6) is 0 Å². The summed E-state index contributed by atoms with van der Waals surface area (Å²) >= 11 is 0. The van der Waals surface area contributed by atoms with Crippen molar-refractivity contribution in [3.8, 4) is 0 Å². The van der Waals surface area contributed by atoms with E-state index in [0.717, 1.165) is 5.92 Å². The number of rotatable bonds is 2. The summed E-state index contributed by atoms with van der Waals surface area (Å²) < 4.78 is 0. The first-order chi connectivity index (χ1) is 7.64. The number of carbonyl (C=O) groups excluding carboxylic acids is 1. The van der Waals surface area contributed by atoms with Crippen LogP contribution in [0, 0.1) is 11.8 Å². The van der Waals surface area contributed by atoms with E-state index >= 15 is 0 Å². The predicted molar refractivity (Wildman–Crippen MR) is 64.2 cm³/mol. The highest BCUT2D eigenvalue weighted by Gasteiger charge is 2.41. The smallest absolute Gasteiger partial charge is 0.133 e. The van der Waals surface area contributed by atoms with Crippen LogP contribution in [0.15, 0.2) is 0 Å². The second-order valence-electron chi connectivity index (χ2n) is 5.78. The predicted octanol–water partition coefficient (Wildman–Crippen LogP) is 3.08. The summed E-state index contributed by atoms with van der Waals surface area (Å²) in [5.41, 5.74) is -0.512. The van der Waals surface area contributed by atoms with Crippen LogP contribution < -0.4 is 0 Å². The van der Waals surface area contributed by atoms with Gasteiger partial charge >= 0.3 is 0 Å². The van der Waals surface area contributed by atoms with Gasteiger partial charge in [-0.05, 0) is 37.5 Å². The fourth-order valence-electron chi connectivity index (χ4n) is 3.52. The third-order valence-corrected chi connectivity index (χ3v) is 4.79. The van der Waals surface area contributed by atoms with Crippen LogP contribution in [0.4, 0.5) is 0 Å². The number of Topliss-reactive ketones (excluding diaryl/α,β-unsaturated/α-hetero) is 1. The summed E-state index contributed by atoms with van der Waals surface area (Å²) in [6.07, 6.45) is 8.82. The van der Waals surface area contributed by atoms with Crippen molar-refractivity contribution in [2.45, 2.75) is 70.3 Å². The molecule has 0 aromatic carbocycles. The molecule has 2 saturated carbocycles. The van der Waals surface area contributed by atoms with Gasteiger partial charge in [-0.3, -0.25) is 4.79 Å². The second-order valence-corrected chi connectivity index (χ2v) is 5.78. The van der Waals surface area contributed by atoms with Gasteiger partial charge in [0.25, 0.3) is 0 Å². The monoisotopic (exact) mass is 224 g/mol. The van der Waals surface area contributed by atoms with E-state index in [1.165, 1.54) is 32.1 Å². The van der Waals surface area contributed by atoms with Crippen LogP contribution >= 0.6 is 0 Å². The van der Waals surface area contributed by atoms with Crippen molar-refractivity contribution >= 4 is 5.78 Å². The first kappa shape index (κ1) is 12.1. The van der Waals surface area contributed by atoms with Gasteiger partial charge in [0.1, 0.15) is 5.78 Å². The number of hydrogen-bond acceptors (Lipinski definition) is 2. The molecule has 2 atom stereocenters. The zero-order chi connectivity index (χ0) is 11.6. The molecular formula is C14H24O2. The molecule has 0 amide bonds. The summed E-state index contributed by atoms with van der Waals surface area (Å²) in [5, 5.41) is 10.7. The van der Waals surface area contributed by atoms with Crippen molar-refractivity contribution in [1.82, 2.24) is 0 Å². The van der Waals surface area contributed by atoms with Crippen molar-refractivity contribution in [3.63, 3.8) is 0 Å². The highest BCUT2D eigenvalue weighted by atomic mass is 16.3. The summed E-state index contributed by atoms with van der Waals surface area (Å²) in [4.78, 5) is 11.2. The average Bonchev–Trinajstić information content (AvgIpc) is 2.33. The molecule has 1 N–H and O–H groups in total. The molecule has 0 spiro atoms. The molecule has 0 saturated heterocycles. The first-order valence-corrected chi connectivity index (χ1v) is 6.88. The van der Waals surface area contributed by atoms with Gasteiger partial charge in [-0.25, -0.2) is 0 Å². The van der Waals surface area contributed by atoms with E-state index in [4.69, 9.17) is 0 Å². The number of ketones is 1. The summed E-state index contributed by atoms with van der Waals surface area (Å²) in [7, 11) is 0. The molecule has 0 aromatic rings. The Bertz CT molecular complexity index is 249. The lowest BCUT2D eigenvalue weighted by molar-refractivity contribution is -0.130. The molecule has 16 heavy (non-hydrogen) atoms. The minimum absolute atomic E-state index is 0.340. The fraction of sp³-hybridized carbons (Fsp3) is 0.929. The zero-order valence-corrected chi connectivity index (χ0v) is 10.4. The van der Waals surface area contributed by atoms with Gasteiger partial charge in [0, 0.05) is 12.8 Å². The van der Waals surface area contributed by atoms with Crippen LogP contribution in [-0.2, 0) is 4.79 Å². The third-order valence-electron chi connectivity index (χ3n) is 4.79. The molecule has 2 fully saturated rings. The highest BCUT2D eigenvalue weighted by Crippen LogP contribution is 2.43. The fourth-order valence-corrected chi connectivity index (χ4v) is 3.52. The van der Waals surface area contributed by atoms with Gasteiger partial charge in [-0.2, -0.15) is 0 Å². The Morgan fingerprint density at radius 1 is 1.31 bits per heavy atom. The van der Waals surface area contributed by atoms with E-state index in [-0.39, 0.29) is 0 Å². The third kappa shape index (κ3) is 2.48. The van der Waals surface area contributed by atoms with Crippen molar-refractivity contribution in [3.05, 3.63) is 0 Å². The molecule has 2 nitrogen and oxygen atoms in total. The van der Waals surface area contributed by atoms with Crippen LogP contribution in [-0.4, -0.2) is 16.5 Å². The van der Waals surface area contributed by atoms with Gasteiger partial charge in [0.15, 0.2) is 0 Å². The van der Waals surface area contributed by atoms with Gasteiger partial charge in [0.05, 0.1) is 5.60 Å². The Balaban J connectivity index is 1.97. The maximum absolute atomic E-state index is 11.2. The molecule has 0 aliphatic heterocycles. The van der Waals surface area contributed by atoms with Crippen LogP contribution in [0.1, 0.15) is 64.7 Å². The lowest BCUT2D eigenvalue weighted by Crippen LogP contribution is -2.43. The van der Waals surface area contributed by atoms with Crippen molar-refractivity contribution in [2.75, 3.05) is 0 Å². The minimum atomic E-state index is -0.512. The zero-order valence-electron chi connectivity index (χ0n) is 10.4. The SMILES string of the molecule is CCC1CCCC(C2(O)CCC(=O)CC2)C1. The molecule has 92 valence electrons. The van der Waals surface area contributed by atoms with Gasteiger partial charge in [-0.15, -0.1) is 0 Å². The van der Waals surface area contributed by atoms with Crippen LogP contribution in [0.25, 0.3) is 0 Å². The van der Waals surface area contributed by atoms with E-state index in [2.05, 4.69) is 6.92 Å². The Hall–Kier alpha value is -0.370. The first-order valence-electron chi connectivity index (χ1n) is 6.88. The lowest BCUT2D eigenvalue weighted by atomic mass is 9.67. The largest absolute Gasteiger partial charge is 0.390 e. The summed E-state index contributed by atoms with van der Waals surface area (Å²) in [5.74, 6) is 1.60. The molecule has 0 radical (unpaired) electrons. The minimum Gasteiger partial charge on any atom is -0.390 e. The molecule has 2 unspecified atom stereocenters. The maximum atomic E-state index is 11.2. The average molecular weight is 224 g/mol.